The molecule has 3 rings (SSSR count). The Balaban J connectivity index is 1.73. The van der Waals surface area contributed by atoms with E-state index in [1.165, 1.54) is 38.5 Å². The van der Waals surface area contributed by atoms with Crippen LogP contribution in [0.3, 0.4) is 0 Å². The van der Waals surface area contributed by atoms with Gasteiger partial charge in [0.1, 0.15) is 0 Å². The summed E-state index contributed by atoms with van der Waals surface area (Å²) < 4.78 is 0. The van der Waals surface area contributed by atoms with Crippen LogP contribution in [-0.4, -0.2) is 21.9 Å². The van der Waals surface area contributed by atoms with Crippen LogP contribution < -0.4 is 0 Å². The maximum atomic E-state index is 10.4. The predicted octanol–water partition coefficient (Wildman–Crippen LogP) is 4.06. The Bertz CT molecular complexity index is 416. The molecular weight excluding hydrogens is 260 g/mol. The van der Waals surface area contributed by atoms with Gasteiger partial charge in [-0.2, -0.15) is 0 Å². The van der Waals surface area contributed by atoms with E-state index in [4.69, 9.17) is 0 Å². The van der Waals surface area contributed by atoms with Gasteiger partial charge in [0.2, 0.25) is 0 Å². The molecule has 2 unspecified atom stereocenters. The van der Waals surface area contributed by atoms with E-state index in [1.807, 2.05) is 19.9 Å². The first-order chi connectivity index (χ1) is 9.77. The first-order valence-electron chi connectivity index (χ1n) is 8.85. The van der Waals surface area contributed by atoms with Gasteiger partial charge in [0.25, 0.3) is 0 Å². The van der Waals surface area contributed by atoms with Gasteiger partial charge in [0, 0.05) is 0 Å². The summed E-state index contributed by atoms with van der Waals surface area (Å²) in [6.07, 6.45) is 13.9. The molecule has 0 amide bonds. The molecule has 3 saturated carbocycles. The van der Waals surface area contributed by atoms with Crippen LogP contribution in [0.15, 0.2) is 12.2 Å². The second-order valence-electron chi connectivity index (χ2n) is 8.82. The van der Waals surface area contributed by atoms with Crippen LogP contribution in [0.1, 0.15) is 72.1 Å². The minimum absolute atomic E-state index is 0.0588. The highest BCUT2D eigenvalue weighted by atomic mass is 16.3. The number of hydrogen-bond acceptors (Lipinski definition) is 2. The van der Waals surface area contributed by atoms with Gasteiger partial charge in [-0.1, -0.05) is 25.5 Å². The van der Waals surface area contributed by atoms with Crippen molar-refractivity contribution in [2.45, 2.75) is 83.8 Å². The van der Waals surface area contributed by atoms with Gasteiger partial charge in [0.15, 0.2) is 0 Å². The topological polar surface area (TPSA) is 40.5 Å². The molecule has 120 valence electrons. The molecule has 0 bridgehead atoms. The van der Waals surface area contributed by atoms with Gasteiger partial charge in [0.05, 0.1) is 11.7 Å². The van der Waals surface area contributed by atoms with Crippen molar-refractivity contribution in [3.63, 3.8) is 0 Å². The molecule has 4 atom stereocenters. The van der Waals surface area contributed by atoms with Crippen molar-refractivity contribution in [1.29, 1.82) is 0 Å². The molecule has 3 fully saturated rings. The molecule has 0 heterocycles. The lowest BCUT2D eigenvalue weighted by molar-refractivity contribution is -0.0320. The molecule has 0 spiro atoms. The largest absolute Gasteiger partial charge is 0.393 e. The van der Waals surface area contributed by atoms with Crippen LogP contribution in [-0.2, 0) is 0 Å². The first kappa shape index (κ1) is 15.6. The first-order valence-corrected chi connectivity index (χ1v) is 8.85. The van der Waals surface area contributed by atoms with E-state index >= 15 is 0 Å². The third-order valence-corrected chi connectivity index (χ3v) is 6.77. The Labute approximate surface area is 129 Å². The van der Waals surface area contributed by atoms with Crippen molar-refractivity contribution >= 4 is 0 Å². The quantitative estimate of drug-likeness (QED) is 0.767. The van der Waals surface area contributed by atoms with Crippen LogP contribution >= 0.6 is 0 Å². The van der Waals surface area contributed by atoms with Gasteiger partial charge in [-0.3, -0.25) is 0 Å². The molecule has 3 aliphatic rings. The third-order valence-electron chi connectivity index (χ3n) is 6.77. The van der Waals surface area contributed by atoms with Crippen molar-refractivity contribution in [2.75, 3.05) is 0 Å². The molecule has 2 nitrogen and oxygen atoms in total. The van der Waals surface area contributed by atoms with Crippen LogP contribution in [0.5, 0.6) is 0 Å². The lowest BCUT2D eigenvalue weighted by atomic mass is 9.60. The lowest BCUT2D eigenvalue weighted by Gasteiger charge is -2.46. The summed E-state index contributed by atoms with van der Waals surface area (Å²) in [5.41, 5.74) is 0.137. The summed E-state index contributed by atoms with van der Waals surface area (Å²) in [7, 11) is 0. The molecule has 0 aromatic rings. The van der Waals surface area contributed by atoms with Crippen LogP contribution in [0.4, 0.5) is 0 Å². The number of aliphatic hydroxyl groups excluding tert-OH is 1. The van der Waals surface area contributed by atoms with Gasteiger partial charge in [-0.25, -0.2) is 0 Å². The zero-order valence-corrected chi connectivity index (χ0v) is 13.9. The zero-order chi connectivity index (χ0) is 15.3. The molecule has 0 aliphatic heterocycles. The SMILES string of the molecule is CC(C)(O)/C=C\CC1(C2CCC3[C@@H](O)CCC[C@@]32C)CC1. The summed E-state index contributed by atoms with van der Waals surface area (Å²) in [5, 5.41) is 20.2. The summed E-state index contributed by atoms with van der Waals surface area (Å²) in [6.45, 7) is 6.14. The van der Waals surface area contributed by atoms with E-state index in [0.717, 1.165) is 18.8 Å². The Hall–Kier alpha value is -0.340. The van der Waals surface area contributed by atoms with Crippen LogP contribution in [0, 0.1) is 22.7 Å². The Morgan fingerprint density at radius 3 is 2.48 bits per heavy atom. The maximum absolute atomic E-state index is 10.4. The van der Waals surface area contributed by atoms with Crippen molar-refractivity contribution < 1.29 is 10.2 Å². The molecule has 2 heteroatoms. The Morgan fingerprint density at radius 1 is 1.14 bits per heavy atom. The maximum Gasteiger partial charge on any atom is 0.0771 e. The normalized spacial score (nSPS) is 42.2. The summed E-state index contributed by atoms with van der Waals surface area (Å²) in [5.74, 6) is 1.31. The standard InChI is InChI=1S/C19H32O2/c1-17(2,21)9-5-11-19(12-13-19)16-8-7-14-15(20)6-4-10-18(14,16)3/h5,9,14-16,20-21H,4,6-8,10-13H2,1-3H3/b9-5-/t14?,15-,16?,18-/m0/s1. The fourth-order valence-electron chi connectivity index (χ4n) is 5.59. The molecule has 0 saturated heterocycles. The van der Waals surface area contributed by atoms with E-state index in [2.05, 4.69) is 13.0 Å². The van der Waals surface area contributed by atoms with Gasteiger partial charge in [-0.15, -0.1) is 0 Å². The molecule has 0 aromatic heterocycles. The lowest BCUT2D eigenvalue weighted by Crippen LogP contribution is -2.42. The number of rotatable bonds is 4. The van der Waals surface area contributed by atoms with Gasteiger partial charge in [-0.05, 0) is 81.5 Å². The Kier molecular flexibility index (Phi) is 3.77. The fourth-order valence-corrected chi connectivity index (χ4v) is 5.59. The third kappa shape index (κ3) is 2.82. The zero-order valence-electron chi connectivity index (χ0n) is 13.9. The van der Waals surface area contributed by atoms with E-state index < -0.39 is 5.60 Å². The molecule has 3 aliphatic carbocycles. The minimum atomic E-state index is -0.695. The highest BCUT2D eigenvalue weighted by Gasteiger charge is 2.61. The monoisotopic (exact) mass is 292 g/mol. The summed E-state index contributed by atoms with van der Waals surface area (Å²) >= 11 is 0. The van der Waals surface area contributed by atoms with E-state index in [9.17, 15) is 10.2 Å². The highest BCUT2D eigenvalue weighted by molar-refractivity contribution is 5.13. The van der Waals surface area contributed by atoms with E-state index in [-0.39, 0.29) is 6.10 Å². The van der Waals surface area contributed by atoms with Crippen LogP contribution in [0.2, 0.25) is 0 Å². The van der Waals surface area contributed by atoms with Crippen LogP contribution in [0.25, 0.3) is 0 Å². The second-order valence-corrected chi connectivity index (χ2v) is 8.82. The average molecular weight is 292 g/mol. The number of hydrogen-bond donors (Lipinski definition) is 2. The molecular formula is C19H32O2. The molecule has 21 heavy (non-hydrogen) atoms. The highest BCUT2D eigenvalue weighted by Crippen LogP contribution is 2.69. The smallest absolute Gasteiger partial charge is 0.0771 e. The van der Waals surface area contributed by atoms with Crippen molar-refractivity contribution in [1.82, 2.24) is 0 Å². The molecule has 0 aromatic carbocycles. The number of allylic oxidation sites excluding steroid dienone is 1. The summed E-state index contributed by atoms with van der Waals surface area (Å²) in [6, 6.07) is 0. The Morgan fingerprint density at radius 2 is 1.86 bits per heavy atom. The predicted molar refractivity (Wildman–Crippen MR) is 85.9 cm³/mol. The second kappa shape index (κ2) is 5.09. The van der Waals surface area contributed by atoms with Gasteiger partial charge < -0.3 is 10.2 Å². The minimum Gasteiger partial charge on any atom is -0.393 e. The number of aliphatic hydroxyl groups is 2. The van der Waals surface area contributed by atoms with Crippen molar-refractivity contribution in [3.8, 4) is 0 Å². The molecule has 0 radical (unpaired) electrons. The summed E-state index contributed by atoms with van der Waals surface area (Å²) in [4.78, 5) is 0. The van der Waals surface area contributed by atoms with E-state index in [1.54, 1.807) is 0 Å². The fraction of sp³-hybridized carbons (Fsp3) is 0.895. The van der Waals surface area contributed by atoms with E-state index in [0.29, 0.717) is 16.7 Å². The van der Waals surface area contributed by atoms with Crippen molar-refractivity contribution in [3.05, 3.63) is 12.2 Å². The van der Waals surface area contributed by atoms with Crippen molar-refractivity contribution in [2.24, 2.45) is 22.7 Å². The average Bonchev–Trinajstić information content (AvgIpc) is 3.03. The molecule has 2 N–H and O–H groups in total. The van der Waals surface area contributed by atoms with Gasteiger partial charge >= 0.3 is 0 Å². The number of fused-ring (bicyclic) bond motifs is 1.